The summed E-state index contributed by atoms with van der Waals surface area (Å²) >= 11 is 1.80. The van der Waals surface area contributed by atoms with Gasteiger partial charge in [0, 0.05) is 28.9 Å². The molecule has 0 amide bonds. The molecule has 2 rings (SSSR count). The zero-order valence-corrected chi connectivity index (χ0v) is 10.5. The summed E-state index contributed by atoms with van der Waals surface area (Å²) in [7, 11) is 1.83. The fraction of sp³-hybridized carbons (Fsp3) is 0.417. The Morgan fingerprint density at radius 1 is 1.62 bits per heavy atom. The summed E-state index contributed by atoms with van der Waals surface area (Å²) in [5, 5.41) is 5.06. The Kier molecular flexibility index (Phi) is 3.01. The predicted molar refractivity (Wildman–Crippen MR) is 70.4 cm³/mol. The Bertz CT molecular complexity index is 427. The summed E-state index contributed by atoms with van der Waals surface area (Å²) in [5.74, 6) is 0. The second-order valence-corrected chi connectivity index (χ2v) is 5.27. The van der Waals surface area contributed by atoms with Gasteiger partial charge in [-0.3, -0.25) is 4.99 Å². The standard InChI is InChI=1S/C12H17N3S/c1-12(3-4-12)11-5-9(8-16-11)15-7-10(6-13)14-2/h5-8,14H,3-4,13H2,1-2H3. The Morgan fingerprint density at radius 2 is 2.38 bits per heavy atom. The Balaban J connectivity index is 2.08. The van der Waals surface area contributed by atoms with E-state index in [2.05, 4.69) is 28.7 Å². The number of aliphatic imine (C=N–C) groups is 1. The van der Waals surface area contributed by atoms with Crippen molar-refractivity contribution in [1.82, 2.24) is 5.32 Å². The van der Waals surface area contributed by atoms with E-state index in [1.807, 2.05) is 7.05 Å². The summed E-state index contributed by atoms with van der Waals surface area (Å²) in [6, 6.07) is 2.18. The fourth-order valence-corrected chi connectivity index (χ4v) is 2.53. The number of thiophene rings is 1. The molecule has 0 spiro atoms. The zero-order valence-electron chi connectivity index (χ0n) is 9.66. The van der Waals surface area contributed by atoms with Gasteiger partial charge in [0.2, 0.25) is 0 Å². The van der Waals surface area contributed by atoms with E-state index in [0.717, 1.165) is 11.4 Å². The molecule has 86 valence electrons. The van der Waals surface area contributed by atoms with Crippen molar-refractivity contribution in [3.05, 3.63) is 28.2 Å². The molecule has 1 aromatic rings. The minimum absolute atomic E-state index is 0.438. The van der Waals surface area contributed by atoms with E-state index in [1.165, 1.54) is 23.9 Å². The average molecular weight is 235 g/mol. The van der Waals surface area contributed by atoms with Gasteiger partial charge in [0.25, 0.3) is 0 Å². The van der Waals surface area contributed by atoms with Crippen molar-refractivity contribution >= 4 is 23.2 Å². The molecule has 0 bridgehead atoms. The van der Waals surface area contributed by atoms with Crippen LogP contribution in [0, 0.1) is 0 Å². The molecule has 1 aliphatic carbocycles. The lowest BCUT2D eigenvalue weighted by Gasteiger charge is -2.01. The molecule has 1 aromatic heterocycles. The summed E-state index contributed by atoms with van der Waals surface area (Å²) in [5.41, 5.74) is 7.70. The molecular formula is C12H17N3S. The predicted octanol–water partition coefficient (Wildman–Crippen LogP) is 2.52. The van der Waals surface area contributed by atoms with Crippen LogP contribution in [0.4, 0.5) is 5.69 Å². The molecule has 0 aliphatic heterocycles. The third-order valence-electron chi connectivity index (χ3n) is 3.00. The molecule has 4 heteroatoms. The molecule has 0 atom stereocenters. The normalized spacial score (nSPS) is 19.0. The van der Waals surface area contributed by atoms with Crippen LogP contribution in [-0.4, -0.2) is 13.3 Å². The lowest BCUT2D eigenvalue weighted by atomic mass is 10.1. The number of rotatable bonds is 4. The summed E-state index contributed by atoms with van der Waals surface area (Å²) < 4.78 is 0. The van der Waals surface area contributed by atoms with Crippen molar-refractivity contribution in [3.63, 3.8) is 0 Å². The van der Waals surface area contributed by atoms with E-state index in [4.69, 9.17) is 5.73 Å². The maximum absolute atomic E-state index is 5.42. The molecule has 3 N–H and O–H groups in total. The number of nitrogens with zero attached hydrogens (tertiary/aromatic N) is 1. The molecular weight excluding hydrogens is 218 g/mol. The van der Waals surface area contributed by atoms with Gasteiger partial charge in [0.1, 0.15) is 0 Å². The largest absolute Gasteiger partial charge is 0.403 e. The van der Waals surface area contributed by atoms with Gasteiger partial charge in [0.05, 0.1) is 17.6 Å². The quantitative estimate of drug-likeness (QED) is 0.788. The van der Waals surface area contributed by atoms with Crippen LogP contribution >= 0.6 is 11.3 Å². The van der Waals surface area contributed by atoms with Crippen LogP contribution in [0.3, 0.4) is 0 Å². The fourth-order valence-electron chi connectivity index (χ4n) is 1.48. The first-order valence-corrected chi connectivity index (χ1v) is 6.29. The van der Waals surface area contributed by atoms with Gasteiger partial charge >= 0.3 is 0 Å². The second-order valence-electron chi connectivity index (χ2n) is 4.36. The molecule has 0 unspecified atom stereocenters. The van der Waals surface area contributed by atoms with Gasteiger partial charge in [-0.1, -0.05) is 6.92 Å². The van der Waals surface area contributed by atoms with E-state index in [1.54, 1.807) is 17.6 Å². The highest BCUT2D eigenvalue weighted by atomic mass is 32.1. The van der Waals surface area contributed by atoms with Gasteiger partial charge in [-0.15, -0.1) is 11.3 Å². The monoisotopic (exact) mass is 235 g/mol. The molecule has 0 radical (unpaired) electrons. The smallest absolute Gasteiger partial charge is 0.0740 e. The van der Waals surface area contributed by atoms with Gasteiger partial charge < -0.3 is 11.1 Å². The van der Waals surface area contributed by atoms with E-state index >= 15 is 0 Å². The Labute approximate surface area is 100 Å². The molecule has 1 fully saturated rings. The SMILES string of the molecule is CNC(C=Nc1csc(C2(C)CC2)c1)=CN. The van der Waals surface area contributed by atoms with Crippen molar-refractivity contribution in [1.29, 1.82) is 0 Å². The van der Waals surface area contributed by atoms with Crippen molar-refractivity contribution < 1.29 is 0 Å². The first-order chi connectivity index (χ1) is 7.68. The second kappa shape index (κ2) is 4.29. The Hall–Kier alpha value is -1.29. The van der Waals surface area contributed by atoms with E-state index in [9.17, 15) is 0 Å². The third kappa shape index (κ3) is 2.27. The molecule has 1 heterocycles. The highest BCUT2D eigenvalue weighted by molar-refractivity contribution is 7.10. The van der Waals surface area contributed by atoms with E-state index in [-0.39, 0.29) is 0 Å². The summed E-state index contributed by atoms with van der Waals surface area (Å²) in [4.78, 5) is 5.83. The molecule has 16 heavy (non-hydrogen) atoms. The van der Waals surface area contributed by atoms with E-state index < -0.39 is 0 Å². The lowest BCUT2D eigenvalue weighted by Crippen LogP contribution is -2.08. The topological polar surface area (TPSA) is 50.4 Å². The third-order valence-corrected chi connectivity index (χ3v) is 4.23. The highest BCUT2D eigenvalue weighted by Gasteiger charge is 2.40. The number of hydrogen-bond acceptors (Lipinski definition) is 4. The summed E-state index contributed by atoms with van der Waals surface area (Å²) in [6.45, 7) is 2.31. The first-order valence-electron chi connectivity index (χ1n) is 5.41. The van der Waals surface area contributed by atoms with Crippen LogP contribution in [0.25, 0.3) is 0 Å². The molecule has 1 aliphatic rings. The molecule has 0 saturated heterocycles. The van der Waals surface area contributed by atoms with Crippen LogP contribution in [0.1, 0.15) is 24.6 Å². The number of allylic oxidation sites excluding steroid dienone is 1. The maximum Gasteiger partial charge on any atom is 0.0740 e. The van der Waals surface area contributed by atoms with Gasteiger partial charge in [0.15, 0.2) is 0 Å². The van der Waals surface area contributed by atoms with Crippen molar-refractivity contribution in [3.8, 4) is 0 Å². The van der Waals surface area contributed by atoms with Gasteiger partial charge in [-0.25, -0.2) is 0 Å². The van der Waals surface area contributed by atoms with Crippen LogP contribution in [0.5, 0.6) is 0 Å². The summed E-state index contributed by atoms with van der Waals surface area (Å²) in [6.07, 6.45) is 5.88. The van der Waals surface area contributed by atoms with Gasteiger partial charge in [-0.05, 0) is 18.9 Å². The molecule has 1 saturated carbocycles. The van der Waals surface area contributed by atoms with Crippen molar-refractivity contribution in [2.75, 3.05) is 7.05 Å². The van der Waals surface area contributed by atoms with Crippen LogP contribution in [-0.2, 0) is 5.41 Å². The molecule has 3 nitrogen and oxygen atoms in total. The number of hydrogen-bond donors (Lipinski definition) is 2. The van der Waals surface area contributed by atoms with Crippen LogP contribution in [0.2, 0.25) is 0 Å². The van der Waals surface area contributed by atoms with Gasteiger partial charge in [-0.2, -0.15) is 0 Å². The lowest BCUT2D eigenvalue weighted by molar-refractivity contribution is 0.809. The Morgan fingerprint density at radius 3 is 2.94 bits per heavy atom. The number of nitrogens with one attached hydrogen (secondary N) is 1. The number of nitrogens with two attached hydrogens (primary N) is 1. The van der Waals surface area contributed by atoms with Crippen LogP contribution in [0.15, 0.2) is 28.3 Å². The van der Waals surface area contributed by atoms with Crippen molar-refractivity contribution in [2.45, 2.75) is 25.2 Å². The van der Waals surface area contributed by atoms with Crippen LogP contribution < -0.4 is 11.1 Å². The average Bonchev–Trinajstić information content (AvgIpc) is 2.86. The maximum atomic E-state index is 5.42. The van der Waals surface area contributed by atoms with E-state index in [0.29, 0.717) is 5.41 Å². The molecule has 0 aromatic carbocycles. The zero-order chi connectivity index (χ0) is 11.6. The minimum atomic E-state index is 0.438. The van der Waals surface area contributed by atoms with Crippen molar-refractivity contribution in [2.24, 2.45) is 10.7 Å². The minimum Gasteiger partial charge on any atom is -0.403 e. The first kappa shape index (κ1) is 11.2. The highest BCUT2D eigenvalue weighted by Crippen LogP contribution is 2.50.